The van der Waals surface area contributed by atoms with Gasteiger partial charge in [-0.05, 0) is 54.2 Å². The number of thiocarbonyl (C=S) groups is 1. The molecule has 29 heavy (non-hydrogen) atoms. The van der Waals surface area contributed by atoms with Gasteiger partial charge in [0.1, 0.15) is 0 Å². The van der Waals surface area contributed by atoms with Gasteiger partial charge >= 0.3 is 0 Å². The highest BCUT2D eigenvalue weighted by molar-refractivity contribution is 9.10. The quantitative estimate of drug-likeness (QED) is 0.372. The van der Waals surface area contributed by atoms with E-state index in [4.69, 9.17) is 21.7 Å². The number of carbonyl (C=O) groups excluding carboxylic acids is 2. The van der Waals surface area contributed by atoms with Crippen molar-refractivity contribution in [2.75, 3.05) is 13.3 Å². The number of hydrogen-bond acceptors (Lipinski definition) is 5. The van der Waals surface area contributed by atoms with Crippen molar-refractivity contribution in [1.82, 2.24) is 21.5 Å². The minimum Gasteiger partial charge on any atom is -0.454 e. The molecule has 0 aliphatic carbocycles. The molecule has 2 aromatic rings. The molecule has 1 heterocycles. The number of rotatable bonds is 6. The fourth-order valence-corrected chi connectivity index (χ4v) is 2.85. The summed E-state index contributed by atoms with van der Waals surface area (Å²) in [6.45, 7) is 0.892. The van der Waals surface area contributed by atoms with Crippen molar-refractivity contribution in [1.29, 1.82) is 0 Å². The lowest BCUT2D eigenvalue weighted by Crippen LogP contribution is -2.47. The molecule has 152 valence electrons. The second-order valence-electron chi connectivity index (χ2n) is 6.06. The Labute approximate surface area is 181 Å². The summed E-state index contributed by atoms with van der Waals surface area (Å²) in [4.78, 5) is 23.8. The first-order valence-electron chi connectivity index (χ1n) is 8.76. The molecule has 3 rings (SSSR count). The molecule has 0 saturated carbocycles. The fourth-order valence-electron chi connectivity index (χ4n) is 2.46. The first kappa shape index (κ1) is 20.9. The predicted molar refractivity (Wildman–Crippen MR) is 114 cm³/mol. The van der Waals surface area contributed by atoms with Crippen molar-refractivity contribution in [3.8, 4) is 11.5 Å². The van der Waals surface area contributed by atoms with Gasteiger partial charge < -0.3 is 20.1 Å². The van der Waals surface area contributed by atoms with Crippen LogP contribution >= 0.6 is 28.1 Å². The van der Waals surface area contributed by atoms with Crippen LogP contribution in [0.5, 0.6) is 11.5 Å². The summed E-state index contributed by atoms with van der Waals surface area (Å²) in [6.07, 6.45) is 0.111. The van der Waals surface area contributed by atoms with Gasteiger partial charge in [-0.15, -0.1) is 0 Å². The Morgan fingerprint density at radius 1 is 1.00 bits per heavy atom. The molecule has 1 aliphatic rings. The molecular formula is C19H19BrN4O4S. The minimum atomic E-state index is -0.298. The first-order chi connectivity index (χ1) is 14.0. The van der Waals surface area contributed by atoms with Crippen LogP contribution in [0.2, 0.25) is 0 Å². The molecular weight excluding hydrogens is 460 g/mol. The summed E-state index contributed by atoms with van der Waals surface area (Å²) in [7, 11) is 0. The number of nitrogens with one attached hydrogen (secondary N) is 4. The van der Waals surface area contributed by atoms with Crippen LogP contribution in [0.15, 0.2) is 46.9 Å². The average Bonchev–Trinajstić information content (AvgIpc) is 3.19. The van der Waals surface area contributed by atoms with Crippen LogP contribution in [0, 0.1) is 0 Å². The van der Waals surface area contributed by atoms with E-state index in [1.807, 2.05) is 18.2 Å². The van der Waals surface area contributed by atoms with Crippen molar-refractivity contribution in [2.24, 2.45) is 0 Å². The molecule has 0 saturated heterocycles. The monoisotopic (exact) mass is 478 g/mol. The zero-order valence-corrected chi connectivity index (χ0v) is 17.7. The van der Waals surface area contributed by atoms with Crippen LogP contribution in [-0.2, 0) is 11.3 Å². The third-order valence-electron chi connectivity index (χ3n) is 3.95. The van der Waals surface area contributed by atoms with Gasteiger partial charge in [-0.3, -0.25) is 20.4 Å². The molecule has 0 atom stereocenters. The summed E-state index contributed by atoms with van der Waals surface area (Å²) in [5.41, 5.74) is 6.60. The van der Waals surface area contributed by atoms with E-state index in [1.54, 1.807) is 24.3 Å². The topological polar surface area (TPSA) is 101 Å². The third kappa shape index (κ3) is 6.33. The SMILES string of the molecule is O=C(CCNC(=O)c1ccc(Br)cc1)NNC(=S)NCc1ccc2c(c1)OCO2. The summed E-state index contributed by atoms with van der Waals surface area (Å²) in [6, 6.07) is 12.6. The Bertz CT molecular complexity index is 908. The number of hydrazine groups is 1. The van der Waals surface area contributed by atoms with Gasteiger partial charge in [-0.1, -0.05) is 22.0 Å². The van der Waals surface area contributed by atoms with Crippen LogP contribution in [0.4, 0.5) is 0 Å². The summed E-state index contributed by atoms with van der Waals surface area (Å²) in [5.74, 6) is 0.878. The van der Waals surface area contributed by atoms with Gasteiger partial charge in [0, 0.05) is 29.5 Å². The Kier molecular flexibility index (Phi) is 7.25. The maximum Gasteiger partial charge on any atom is 0.251 e. The van der Waals surface area contributed by atoms with Crippen molar-refractivity contribution >= 4 is 45.1 Å². The highest BCUT2D eigenvalue weighted by Gasteiger charge is 2.13. The Hall–Kier alpha value is -2.85. The fraction of sp³-hybridized carbons (Fsp3) is 0.211. The van der Waals surface area contributed by atoms with Gasteiger partial charge in [0.25, 0.3) is 5.91 Å². The van der Waals surface area contributed by atoms with Crippen LogP contribution in [0.3, 0.4) is 0 Å². The van der Waals surface area contributed by atoms with E-state index in [-0.39, 0.29) is 36.7 Å². The first-order valence-corrected chi connectivity index (χ1v) is 9.96. The second-order valence-corrected chi connectivity index (χ2v) is 7.38. The Morgan fingerprint density at radius 3 is 2.55 bits per heavy atom. The van der Waals surface area contributed by atoms with E-state index in [2.05, 4.69) is 37.4 Å². The molecule has 4 N–H and O–H groups in total. The molecule has 0 radical (unpaired) electrons. The van der Waals surface area contributed by atoms with Crippen LogP contribution in [-0.4, -0.2) is 30.3 Å². The number of amides is 2. The molecule has 1 aliphatic heterocycles. The Morgan fingerprint density at radius 2 is 1.76 bits per heavy atom. The number of fused-ring (bicyclic) bond motifs is 1. The highest BCUT2D eigenvalue weighted by atomic mass is 79.9. The van der Waals surface area contributed by atoms with E-state index < -0.39 is 0 Å². The largest absolute Gasteiger partial charge is 0.454 e. The third-order valence-corrected chi connectivity index (χ3v) is 4.72. The number of halogens is 1. The normalized spacial score (nSPS) is 11.5. The lowest BCUT2D eigenvalue weighted by Gasteiger charge is -2.12. The van der Waals surface area contributed by atoms with Gasteiger partial charge in [0.2, 0.25) is 12.7 Å². The van der Waals surface area contributed by atoms with Gasteiger partial charge in [0.15, 0.2) is 16.6 Å². The summed E-state index contributed by atoms with van der Waals surface area (Å²) >= 11 is 8.45. The molecule has 0 unspecified atom stereocenters. The molecule has 0 bridgehead atoms. The van der Waals surface area contributed by atoms with E-state index in [0.29, 0.717) is 23.6 Å². The number of benzene rings is 2. The van der Waals surface area contributed by atoms with Crippen LogP contribution in [0.25, 0.3) is 0 Å². The summed E-state index contributed by atoms with van der Waals surface area (Å²) < 4.78 is 11.5. The minimum absolute atomic E-state index is 0.111. The van der Waals surface area contributed by atoms with Crippen molar-refractivity contribution in [3.05, 3.63) is 58.1 Å². The average molecular weight is 479 g/mol. The van der Waals surface area contributed by atoms with Gasteiger partial charge in [-0.2, -0.15) is 0 Å². The maximum atomic E-state index is 12.0. The standard InChI is InChI=1S/C19H19BrN4O4S/c20-14-4-2-13(3-5-14)18(26)21-8-7-17(25)23-24-19(29)22-10-12-1-6-15-16(9-12)28-11-27-15/h1-6,9H,7-8,10-11H2,(H,21,26)(H,23,25)(H2,22,24,29). The number of carbonyl (C=O) groups is 2. The van der Waals surface area contributed by atoms with Crippen LogP contribution in [0.1, 0.15) is 22.3 Å². The molecule has 0 aromatic heterocycles. The molecule has 2 aromatic carbocycles. The van der Waals surface area contributed by atoms with E-state index in [9.17, 15) is 9.59 Å². The maximum absolute atomic E-state index is 12.0. The molecule has 8 nitrogen and oxygen atoms in total. The zero-order valence-electron chi connectivity index (χ0n) is 15.3. The van der Waals surface area contributed by atoms with Gasteiger partial charge in [-0.25, -0.2) is 0 Å². The number of hydrogen-bond donors (Lipinski definition) is 4. The van der Waals surface area contributed by atoms with Crippen molar-refractivity contribution in [3.63, 3.8) is 0 Å². The summed E-state index contributed by atoms with van der Waals surface area (Å²) in [5, 5.41) is 5.95. The molecule has 0 spiro atoms. The molecule has 10 heteroatoms. The zero-order chi connectivity index (χ0) is 20.6. The Balaban J connectivity index is 1.31. The predicted octanol–water partition coefficient (Wildman–Crippen LogP) is 1.99. The second kappa shape index (κ2) is 10.1. The lowest BCUT2D eigenvalue weighted by atomic mass is 10.2. The molecule has 2 amide bonds. The highest BCUT2D eigenvalue weighted by Crippen LogP contribution is 2.32. The van der Waals surface area contributed by atoms with Gasteiger partial charge in [0.05, 0.1) is 0 Å². The van der Waals surface area contributed by atoms with E-state index in [0.717, 1.165) is 10.0 Å². The van der Waals surface area contributed by atoms with Crippen molar-refractivity contribution in [2.45, 2.75) is 13.0 Å². The lowest BCUT2D eigenvalue weighted by molar-refractivity contribution is -0.121. The smallest absolute Gasteiger partial charge is 0.251 e. The van der Waals surface area contributed by atoms with E-state index >= 15 is 0 Å². The van der Waals surface area contributed by atoms with Crippen molar-refractivity contribution < 1.29 is 19.1 Å². The van der Waals surface area contributed by atoms with E-state index in [1.165, 1.54) is 0 Å². The molecule has 0 fully saturated rings. The van der Waals surface area contributed by atoms with Crippen LogP contribution < -0.4 is 31.0 Å². The number of ether oxygens (including phenoxy) is 2.